The quantitative estimate of drug-likeness (QED) is 0.862. The van der Waals surface area contributed by atoms with Crippen LogP contribution in [0.4, 0.5) is 5.69 Å². The third kappa shape index (κ3) is 3.55. The molecule has 0 aliphatic rings. The first kappa shape index (κ1) is 12.0. The summed E-state index contributed by atoms with van der Waals surface area (Å²) in [5, 5.41) is 0. The van der Waals surface area contributed by atoms with Crippen molar-refractivity contribution in [2.45, 2.75) is 25.5 Å². The normalized spacial score (nSPS) is 13.3. The van der Waals surface area contributed by atoms with Crippen LogP contribution in [0.5, 0.6) is 5.75 Å². The number of nitrogens with one attached hydrogen (secondary N) is 1. The van der Waals surface area contributed by atoms with Crippen LogP contribution >= 0.6 is 0 Å². The summed E-state index contributed by atoms with van der Waals surface area (Å²) in [6.07, 6.45) is 0. The van der Waals surface area contributed by atoms with Crippen LogP contribution in [-0.2, 0) is 11.0 Å². The van der Waals surface area contributed by atoms with Gasteiger partial charge in [0.25, 0.3) is 0 Å². The molecule has 1 aromatic carbocycles. The molecule has 84 valence electrons. The summed E-state index contributed by atoms with van der Waals surface area (Å²) in [6, 6.07) is 7.37. The molecule has 1 N–H and O–H groups in total. The average Bonchev–Trinajstić information content (AvgIpc) is 2.17. The van der Waals surface area contributed by atoms with Gasteiger partial charge in [-0.25, -0.2) is 4.21 Å². The van der Waals surface area contributed by atoms with E-state index in [1.165, 1.54) is 0 Å². The molecule has 0 unspecified atom stereocenters. The standard InChI is InChI=1S/C11H17NO2S/c1-11(2,3)15(13)12-9-5-7-10(14-4)8-6-9/h5-8,12H,1-4H3/t15-/m0/s1. The first-order valence-corrected chi connectivity index (χ1v) is 5.91. The molecule has 0 saturated heterocycles. The number of anilines is 1. The number of ether oxygens (including phenoxy) is 1. The van der Waals surface area contributed by atoms with Gasteiger partial charge in [-0.2, -0.15) is 0 Å². The van der Waals surface area contributed by atoms with E-state index in [1.54, 1.807) is 7.11 Å². The van der Waals surface area contributed by atoms with Crippen LogP contribution in [0.1, 0.15) is 20.8 Å². The molecule has 0 amide bonds. The summed E-state index contributed by atoms with van der Waals surface area (Å²) < 4.78 is 19.5. The summed E-state index contributed by atoms with van der Waals surface area (Å²) in [7, 11) is 0.533. The van der Waals surface area contributed by atoms with E-state index in [1.807, 2.05) is 45.0 Å². The van der Waals surface area contributed by atoms with Crippen molar-refractivity contribution in [1.29, 1.82) is 0 Å². The third-order valence-electron chi connectivity index (χ3n) is 1.86. The van der Waals surface area contributed by atoms with E-state index < -0.39 is 11.0 Å². The van der Waals surface area contributed by atoms with Gasteiger partial charge in [0, 0.05) is 5.69 Å². The fourth-order valence-electron chi connectivity index (χ4n) is 0.919. The zero-order valence-corrected chi connectivity index (χ0v) is 10.4. The molecule has 0 radical (unpaired) electrons. The molecule has 0 aliphatic carbocycles. The predicted octanol–water partition coefficient (Wildman–Crippen LogP) is 2.57. The van der Waals surface area contributed by atoms with Gasteiger partial charge >= 0.3 is 0 Å². The van der Waals surface area contributed by atoms with Gasteiger partial charge in [0.2, 0.25) is 0 Å². The van der Waals surface area contributed by atoms with Crippen LogP contribution in [0.3, 0.4) is 0 Å². The monoisotopic (exact) mass is 227 g/mol. The zero-order valence-electron chi connectivity index (χ0n) is 9.53. The molecule has 0 heterocycles. The topological polar surface area (TPSA) is 38.3 Å². The Morgan fingerprint density at radius 3 is 2.13 bits per heavy atom. The Balaban J connectivity index is 2.70. The van der Waals surface area contributed by atoms with Crippen molar-refractivity contribution in [3.8, 4) is 5.75 Å². The molecular weight excluding hydrogens is 210 g/mol. The van der Waals surface area contributed by atoms with Gasteiger partial charge < -0.3 is 9.46 Å². The Morgan fingerprint density at radius 1 is 1.20 bits per heavy atom. The summed E-state index contributed by atoms with van der Waals surface area (Å²) >= 11 is 0. The molecule has 1 rings (SSSR count). The summed E-state index contributed by atoms with van der Waals surface area (Å²) in [5.74, 6) is 0.794. The summed E-state index contributed by atoms with van der Waals surface area (Å²) in [4.78, 5) is 0. The van der Waals surface area contributed by atoms with Crippen molar-refractivity contribution in [2.75, 3.05) is 11.8 Å². The van der Waals surface area contributed by atoms with Crippen molar-refractivity contribution in [3.05, 3.63) is 24.3 Å². The molecule has 1 aromatic rings. The lowest BCUT2D eigenvalue weighted by Crippen LogP contribution is -2.27. The predicted molar refractivity (Wildman–Crippen MR) is 64.5 cm³/mol. The largest absolute Gasteiger partial charge is 0.497 e. The van der Waals surface area contributed by atoms with E-state index in [2.05, 4.69) is 4.72 Å². The number of methoxy groups -OCH3 is 1. The first-order chi connectivity index (χ1) is 6.93. The Labute approximate surface area is 93.4 Å². The van der Waals surface area contributed by atoms with E-state index in [0.29, 0.717) is 0 Å². The molecule has 0 saturated carbocycles. The van der Waals surface area contributed by atoms with Gasteiger partial charge in [-0.15, -0.1) is 0 Å². The zero-order chi connectivity index (χ0) is 11.5. The summed E-state index contributed by atoms with van der Waals surface area (Å²) in [5.41, 5.74) is 0.837. The smallest absolute Gasteiger partial charge is 0.122 e. The van der Waals surface area contributed by atoms with Crippen LogP contribution in [-0.4, -0.2) is 16.1 Å². The van der Waals surface area contributed by atoms with Crippen molar-refractivity contribution in [1.82, 2.24) is 0 Å². The van der Waals surface area contributed by atoms with Crippen LogP contribution in [0.15, 0.2) is 24.3 Å². The van der Waals surface area contributed by atoms with Gasteiger partial charge in [0.1, 0.15) is 16.7 Å². The lowest BCUT2D eigenvalue weighted by Gasteiger charge is -2.18. The second-order valence-electron chi connectivity index (χ2n) is 4.21. The second-order valence-corrected chi connectivity index (χ2v) is 6.18. The van der Waals surface area contributed by atoms with E-state index in [9.17, 15) is 4.21 Å². The number of hydrogen-bond donors (Lipinski definition) is 1. The van der Waals surface area contributed by atoms with Crippen molar-refractivity contribution >= 4 is 16.7 Å². The molecule has 0 aliphatic heterocycles. The fraction of sp³-hybridized carbons (Fsp3) is 0.455. The maximum absolute atomic E-state index is 11.8. The molecule has 4 heteroatoms. The lowest BCUT2D eigenvalue weighted by atomic mass is 10.3. The maximum Gasteiger partial charge on any atom is 0.122 e. The van der Waals surface area contributed by atoms with Gasteiger partial charge in [-0.05, 0) is 45.0 Å². The Kier molecular flexibility index (Phi) is 3.74. The Bertz CT molecular complexity index is 341. The first-order valence-electron chi connectivity index (χ1n) is 4.76. The van der Waals surface area contributed by atoms with Gasteiger partial charge in [-0.1, -0.05) is 0 Å². The Hall–Kier alpha value is -1.03. The van der Waals surface area contributed by atoms with Gasteiger partial charge in [0.15, 0.2) is 0 Å². The molecule has 0 aromatic heterocycles. The number of hydrogen-bond acceptors (Lipinski definition) is 2. The van der Waals surface area contributed by atoms with Crippen LogP contribution in [0, 0.1) is 0 Å². The number of rotatable bonds is 3. The van der Waals surface area contributed by atoms with Crippen LogP contribution < -0.4 is 9.46 Å². The molecule has 0 bridgehead atoms. The van der Waals surface area contributed by atoms with Crippen molar-refractivity contribution < 1.29 is 8.95 Å². The molecule has 0 fully saturated rings. The molecular formula is C11H17NO2S. The second kappa shape index (κ2) is 4.66. The minimum Gasteiger partial charge on any atom is -0.497 e. The maximum atomic E-state index is 11.8. The minimum absolute atomic E-state index is 0.264. The Morgan fingerprint density at radius 2 is 1.73 bits per heavy atom. The third-order valence-corrected chi connectivity index (χ3v) is 3.39. The van der Waals surface area contributed by atoms with E-state index in [4.69, 9.17) is 4.74 Å². The van der Waals surface area contributed by atoms with Crippen molar-refractivity contribution in [2.24, 2.45) is 0 Å². The van der Waals surface area contributed by atoms with Crippen LogP contribution in [0.25, 0.3) is 0 Å². The highest BCUT2D eigenvalue weighted by Crippen LogP contribution is 2.18. The average molecular weight is 227 g/mol. The molecule has 0 spiro atoms. The number of benzene rings is 1. The highest BCUT2D eigenvalue weighted by molar-refractivity contribution is 7.87. The van der Waals surface area contributed by atoms with E-state index in [-0.39, 0.29) is 4.75 Å². The van der Waals surface area contributed by atoms with E-state index in [0.717, 1.165) is 11.4 Å². The molecule has 3 nitrogen and oxygen atoms in total. The van der Waals surface area contributed by atoms with Crippen LogP contribution in [0.2, 0.25) is 0 Å². The molecule has 1 atom stereocenters. The highest BCUT2D eigenvalue weighted by Gasteiger charge is 2.19. The summed E-state index contributed by atoms with van der Waals surface area (Å²) in [6.45, 7) is 5.79. The van der Waals surface area contributed by atoms with Gasteiger partial charge in [-0.3, -0.25) is 0 Å². The minimum atomic E-state index is -1.09. The SMILES string of the molecule is COc1ccc(N[S@@](=O)C(C)(C)C)cc1. The lowest BCUT2D eigenvalue weighted by molar-refractivity contribution is 0.415. The molecule has 15 heavy (non-hydrogen) atoms. The van der Waals surface area contributed by atoms with Crippen molar-refractivity contribution in [3.63, 3.8) is 0 Å². The van der Waals surface area contributed by atoms with Gasteiger partial charge in [0.05, 0.1) is 11.9 Å². The van der Waals surface area contributed by atoms with E-state index >= 15 is 0 Å². The highest BCUT2D eigenvalue weighted by atomic mass is 32.2. The fourth-order valence-corrected chi connectivity index (χ4v) is 1.58.